The van der Waals surface area contributed by atoms with Crippen LogP contribution in [-0.2, 0) is 23.0 Å². The maximum Gasteiger partial charge on any atom is 0.243 e. The molecule has 0 bridgehead atoms. The van der Waals surface area contributed by atoms with E-state index in [4.69, 9.17) is 5.73 Å². The maximum atomic E-state index is 12.7. The summed E-state index contributed by atoms with van der Waals surface area (Å²) in [6, 6.07) is 5.37. The van der Waals surface area contributed by atoms with Crippen LogP contribution in [0.2, 0.25) is 0 Å². The number of hydrogen-bond donors (Lipinski definition) is 1. The zero-order valence-electron chi connectivity index (χ0n) is 13.0. The van der Waals surface area contributed by atoms with Crippen LogP contribution in [0.5, 0.6) is 0 Å². The Kier molecular flexibility index (Phi) is 5.41. The second kappa shape index (κ2) is 6.90. The standard InChI is InChI=1S/C16H26N2O2S/c1-3-5-13-8-9-18(12-13)21(19,20)16-7-6-14(4-2)15(10-16)11-17/h6-7,10,13H,3-5,8-9,11-12,17H2,1-2H3. The van der Waals surface area contributed by atoms with E-state index in [0.717, 1.165) is 36.8 Å². The molecule has 1 unspecified atom stereocenters. The molecule has 0 radical (unpaired) electrons. The lowest BCUT2D eigenvalue weighted by atomic mass is 10.0. The highest BCUT2D eigenvalue weighted by Crippen LogP contribution is 2.27. The van der Waals surface area contributed by atoms with Crippen molar-refractivity contribution in [2.24, 2.45) is 11.7 Å². The number of nitrogens with zero attached hydrogens (tertiary/aromatic N) is 1. The molecule has 0 saturated carbocycles. The Morgan fingerprint density at radius 2 is 2.05 bits per heavy atom. The summed E-state index contributed by atoms with van der Waals surface area (Å²) in [5, 5.41) is 0. The van der Waals surface area contributed by atoms with Crippen LogP contribution < -0.4 is 5.73 Å². The summed E-state index contributed by atoms with van der Waals surface area (Å²) in [6.45, 7) is 5.88. The first-order chi connectivity index (χ1) is 10.0. The van der Waals surface area contributed by atoms with Gasteiger partial charge in [-0.15, -0.1) is 0 Å². The highest BCUT2D eigenvalue weighted by Gasteiger charge is 2.32. The van der Waals surface area contributed by atoms with Gasteiger partial charge in [-0.05, 0) is 48.4 Å². The van der Waals surface area contributed by atoms with Crippen LogP contribution >= 0.6 is 0 Å². The van der Waals surface area contributed by atoms with E-state index in [9.17, 15) is 8.42 Å². The summed E-state index contributed by atoms with van der Waals surface area (Å²) in [6.07, 6.45) is 4.06. The second-order valence-corrected chi connectivity index (χ2v) is 7.73. The first-order valence-corrected chi connectivity index (χ1v) is 9.28. The van der Waals surface area contributed by atoms with Gasteiger partial charge in [0.25, 0.3) is 0 Å². The molecule has 1 atom stereocenters. The lowest BCUT2D eigenvalue weighted by Gasteiger charge is -2.18. The Morgan fingerprint density at radius 1 is 1.29 bits per heavy atom. The van der Waals surface area contributed by atoms with E-state index in [2.05, 4.69) is 13.8 Å². The molecule has 0 spiro atoms. The maximum absolute atomic E-state index is 12.7. The van der Waals surface area contributed by atoms with Crippen molar-refractivity contribution < 1.29 is 8.42 Å². The van der Waals surface area contributed by atoms with Crippen molar-refractivity contribution in [3.63, 3.8) is 0 Å². The van der Waals surface area contributed by atoms with Crippen LogP contribution in [-0.4, -0.2) is 25.8 Å². The summed E-state index contributed by atoms with van der Waals surface area (Å²) < 4.78 is 27.1. The van der Waals surface area contributed by atoms with Crippen LogP contribution in [0.15, 0.2) is 23.1 Å². The van der Waals surface area contributed by atoms with E-state index < -0.39 is 10.0 Å². The largest absolute Gasteiger partial charge is 0.326 e. The molecular formula is C16H26N2O2S. The Balaban J connectivity index is 2.24. The van der Waals surface area contributed by atoms with Gasteiger partial charge in [-0.3, -0.25) is 0 Å². The molecule has 1 aliphatic heterocycles. The number of aryl methyl sites for hydroxylation is 1. The SMILES string of the molecule is CCCC1CCN(S(=O)(=O)c2ccc(CC)c(CN)c2)C1. The van der Waals surface area contributed by atoms with Crippen LogP contribution in [0.25, 0.3) is 0 Å². The lowest BCUT2D eigenvalue weighted by Crippen LogP contribution is -2.29. The molecule has 2 rings (SSSR count). The molecule has 4 nitrogen and oxygen atoms in total. The minimum absolute atomic E-state index is 0.380. The molecular weight excluding hydrogens is 284 g/mol. The predicted octanol–water partition coefficient (Wildman–Crippen LogP) is 2.52. The van der Waals surface area contributed by atoms with Crippen molar-refractivity contribution in [2.75, 3.05) is 13.1 Å². The fourth-order valence-corrected chi connectivity index (χ4v) is 4.69. The van der Waals surface area contributed by atoms with Crippen molar-refractivity contribution in [1.29, 1.82) is 0 Å². The number of sulfonamides is 1. The number of benzene rings is 1. The monoisotopic (exact) mass is 310 g/mol. The number of nitrogens with two attached hydrogens (primary N) is 1. The zero-order chi connectivity index (χ0) is 15.5. The summed E-state index contributed by atoms with van der Waals surface area (Å²) >= 11 is 0. The Hall–Kier alpha value is -0.910. The molecule has 1 heterocycles. The molecule has 1 aromatic carbocycles. The molecule has 118 valence electrons. The summed E-state index contributed by atoms with van der Waals surface area (Å²) in [7, 11) is -3.37. The van der Waals surface area contributed by atoms with Gasteiger partial charge < -0.3 is 5.73 Å². The molecule has 2 N–H and O–H groups in total. The van der Waals surface area contributed by atoms with Gasteiger partial charge in [0.2, 0.25) is 10.0 Å². The van der Waals surface area contributed by atoms with Gasteiger partial charge in [-0.2, -0.15) is 4.31 Å². The summed E-state index contributed by atoms with van der Waals surface area (Å²) in [5.41, 5.74) is 7.80. The third-order valence-corrected chi connectivity index (χ3v) is 6.22. The fraction of sp³-hybridized carbons (Fsp3) is 0.625. The van der Waals surface area contributed by atoms with Crippen LogP contribution in [0.1, 0.15) is 44.2 Å². The Labute approximate surface area is 128 Å². The number of rotatable bonds is 6. The fourth-order valence-electron chi connectivity index (χ4n) is 3.11. The molecule has 0 amide bonds. The van der Waals surface area contributed by atoms with E-state index in [1.165, 1.54) is 0 Å². The van der Waals surface area contributed by atoms with Crippen LogP contribution in [0.3, 0.4) is 0 Å². The first kappa shape index (κ1) is 16.5. The Morgan fingerprint density at radius 3 is 2.67 bits per heavy atom. The van der Waals surface area contributed by atoms with Gasteiger partial charge in [-0.25, -0.2) is 8.42 Å². The van der Waals surface area contributed by atoms with Gasteiger partial charge in [0.1, 0.15) is 0 Å². The van der Waals surface area contributed by atoms with Crippen molar-refractivity contribution in [3.8, 4) is 0 Å². The van der Waals surface area contributed by atoms with Gasteiger partial charge in [-0.1, -0.05) is 26.3 Å². The molecule has 1 fully saturated rings. The topological polar surface area (TPSA) is 63.4 Å². The molecule has 21 heavy (non-hydrogen) atoms. The third kappa shape index (κ3) is 3.47. The zero-order valence-corrected chi connectivity index (χ0v) is 13.8. The van der Waals surface area contributed by atoms with Gasteiger partial charge in [0.15, 0.2) is 0 Å². The molecule has 1 aliphatic rings. The smallest absolute Gasteiger partial charge is 0.243 e. The minimum Gasteiger partial charge on any atom is -0.326 e. The second-order valence-electron chi connectivity index (χ2n) is 5.79. The molecule has 5 heteroatoms. The summed E-state index contributed by atoms with van der Waals surface area (Å²) in [5.74, 6) is 0.508. The van der Waals surface area contributed by atoms with E-state index >= 15 is 0 Å². The molecule has 1 saturated heterocycles. The molecule has 0 aromatic heterocycles. The third-order valence-electron chi connectivity index (χ3n) is 4.36. The normalized spacial score (nSPS) is 20.0. The highest BCUT2D eigenvalue weighted by molar-refractivity contribution is 7.89. The van der Waals surface area contributed by atoms with Crippen molar-refractivity contribution >= 4 is 10.0 Å². The van der Waals surface area contributed by atoms with Crippen LogP contribution in [0, 0.1) is 5.92 Å². The lowest BCUT2D eigenvalue weighted by molar-refractivity contribution is 0.444. The first-order valence-electron chi connectivity index (χ1n) is 7.84. The van der Waals surface area contributed by atoms with E-state index in [1.807, 2.05) is 6.07 Å². The van der Waals surface area contributed by atoms with Gasteiger partial charge in [0, 0.05) is 19.6 Å². The average Bonchev–Trinajstić information content (AvgIpc) is 2.96. The number of hydrogen-bond acceptors (Lipinski definition) is 3. The van der Waals surface area contributed by atoms with Crippen molar-refractivity contribution in [1.82, 2.24) is 4.31 Å². The molecule has 1 aromatic rings. The van der Waals surface area contributed by atoms with E-state index in [-0.39, 0.29) is 0 Å². The predicted molar refractivity (Wildman–Crippen MR) is 85.5 cm³/mol. The minimum atomic E-state index is -3.37. The highest BCUT2D eigenvalue weighted by atomic mass is 32.2. The quantitative estimate of drug-likeness (QED) is 0.878. The van der Waals surface area contributed by atoms with E-state index in [0.29, 0.717) is 30.4 Å². The van der Waals surface area contributed by atoms with Gasteiger partial charge >= 0.3 is 0 Å². The van der Waals surface area contributed by atoms with Gasteiger partial charge in [0.05, 0.1) is 4.90 Å². The van der Waals surface area contributed by atoms with Crippen molar-refractivity contribution in [2.45, 2.75) is 51.0 Å². The van der Waals surface area contributed by atoms with Crippen LogP contribution in [0.4, 0.5) is 0 Å². The molecule has 0 aliphatic carbocycles. The van der Waals surface area contributed by atoms with Crippen molar-refractivity contribution in [3.05, 3.63) is 29.3 Å². The van der Waals surface area contributed by atoms with E-state index in [1.54, 1.807) is 16.4 Å². The average molecular weight is 310 g/mol. The summed E-state index contributed by atoms with van der Waals surface area (Å²) in [4.78, 5) is 0.386. The Bertz CT molecular complexity index is 584.